The average Bonchev–Trinajstić information content (AvgIpc) is 2.46. The lowest BCUT2D eigenvalue weighted by atomic mass is 9.93. The molecule has 2 aromatic carbocycles. The highest BCUT2D eigenvalue weighted by Crippen LogP contribution is 2.38. The number of benzene rings is 2. The molecule has 2 aromatic rings. The molecule has 1 heterocycles. The normalized spacial score (nSPS) is 17.9. The van der Waals surface area contributed by atoms with Gasteiger partial charge in [-0.25, -0.2) is 0 Å². The van der Waals surface area contributed by atoms with E-state index in [4.69, 9.17) is 11.6 Å². The number of nitrogens with zero attached hydrogens (tertiary/aromatic N) is 1. The van der Waals surface area contributed by atoms with Gasteiger partial charge in [0.05, 0.1) is 0 Å². The summed E-state index contributed by atoms with van der Waals surface area (Å²) < 4.78 is 0. The molecule has 1 nitrogen and oxygen atoms in total. The molecule has 1 atom stereocenters. The second kappa shape index (κ2) is 5.79. The first-order valence-electron chi connectivity index (χ1n) is 6.89. The van der Waals surface area contributed by atoms with Gasteiger partial charge in [-0.2, -0.15) is 0 Å². The Labute approximate surface area is 133 Å². The Kier molecular flexibility index (Phi) is 4.04. The van der Waals surface area contributed by atoms with Crippen LogP contribution in [0.3, 0.4) is 0 Å². The molecule has 0 saturated carbocycles. The first kappa shape index (κ1) is 14.0. The van der Waals surface area contributed by atoms with Crippen molar-refractivity contribution in [2.45, 2.75) is 18.7 Å². The van der Waals surface area contributed by atoms with Gasteiger partial charge in [0.15, 0.2) is 0 Å². The van der Waals surface area contributed by atoms with E-state index in [-0.39, 0.29) is 0 Å². The molecule has 1 unspecified atom stereocenters. The van der Waals surface area contributed by atoms with Gasteiger partial charge in [-0.15, -0.1) is 0 Å². The Bertz CT molecular complexity index is 626. The molecule has 20 heavy (non-hydrogen) atoms. The van der Waals surface area contributed by atoms with E-state index in [0.29, 0.717) is 5.92 Å². The molecule has 0 fully saturated rings. The third-order valence-electron chi connectivity index (χ3n) is 3.83. The molecular formula is C17H17BrClN. The van der Waals surface area contributed by atoms with Crippen molar-refractivity contribution in [2.75, 3.05) is 11.4 Å². The molecule has 3 rings (SSSR count). The van der Waals surface area contributed by atoms with Gasteiger partial charge in [0.25, 0.3) is 0 Å². The van der Waals surface area contributed by atoms with Crippen molar-refractivity contribution in [1.82, 2.24) is 0 Å². The van der Waals surface area contributed by atoms with Crippen LogP contribution in [0.4, 0.5) is 11.4 Å². The number of halogens is 2. The summed E-state index contributed by atoms with van der Waals surface area (Å²) in [4.78, 5) is 2.41. The molecule has 0 bridgehead atoms. The van der Waals surface area contributed by atoms with Crippen molar-refractivity contribution in [3.05, 3.63) is 58.6 Å². The summed E-state index contributed by atoms with van der Waals surface area (Å²) in [6.45, 7) is 3.35. The summed E-state index contributed by atoms with van der Waals surface area (Å²) in [6, 6.07) is 14.8. The van der Waals surface area contributed by atoms with Crippen LogP contribution in [0.5, 0.6) is 0 Å². The van der Waals surface area contributed by atoms with Crippen LogP contribution in [0.1, 0.15) is 18.1 Å². The third-order valence-corrected chi connectivity index (χ3v) is 4.67. The number of hydrogen-bond acceptors (Lipinski definition) is 1. The second-order valence-electron chi connectivity index (χ2n) is 5.46. The molecular weight excluding hydrogens is 334 g/mol. The van der Waals surface area contributed by atoms with Gasteiger partial charge in [0, 0.05) is 28.3 Å². The number of para-hydroxylation sites is 1. The topological polar surface area (TPSA) is 3.24 Å². The monoisotopic (exact) mass is 349 g/mol. The Balaban J connectivity index is 2.13. The van der Waals surface area contributed by atoms with Crippen molar-refractivity contribution in [1.29, 1.82) is 0 Å². The highest BCUT2D eigenvalue weighted by molar-refractivity contribution is 9.08. The summed E-state index contributed by atoms with van der Waals surface area (Å²) in [5.41, 5.74) is 5.23. The van der Waals surface area contributed by atoms with Gasteiger partial charge in [0.1, 0.15) is 0 Å². The molecule has 0 radical (unpaired) electrons. The van der Waals surface area contributed by atoms with Crippen LogP contribution in [-0.4, -0.2) is 6.54 Å². The molecule has 0 amide bonds. The minimum Gasteiger partial charge on any atom is -0.341 e. The zero-order valence-electron chi connectivity index (χ0n) is 11.4. The molecule has 1 aliphatic rings. The van der Waals surface area contributed by atoms with Crippen LogP contribution < -0.4 is 4.90 Å². The first-order valence-corrected chi connectivity index (χ1v) is 8.39. The zero-order chi connectivity index (χ0) is 14.1. The minimum atomic E-state index is 0.645. The maximum atomic E-state index is 6.21. The largest absolute Gasteiger partial charge is 0.341 e. The highest BCUT2D eigenvalue weighted by Gasteiger charge is 2.24. The summed E-state index contributed by atoms with van der Waals surface area (Å²) >= 11 is 9.80. The molecule has 3 heteroatoms. The molecule has 1 aliphatic heterocycles. The lowest BCUT2D eigenvalue weighted by molar-refractivity contribution is 0.562. The first-order chi connectivity index (χ1) is 9.69. The van der Waals surface area contributed by atoms with Crippen LogP contribution in [0.15, 0.2) is 42.5 Å². The summed E-state index contributed by atoms with van der Waals surface area (Å²) in [6.07, 6.45) is 1.15. The SMILES string of the molecule is CC1Cc2ccccc2N(c2cc(Cl)ccc2CBr)C1. The van der Waals surface area contributed by atoms with Gasteiger partial charge in [-0.1, -0.05) is 58.7 Å². The smallest absolute Gasteiger partial charge is 0.0466 e. The fraction of sp³-hybridized carbons (Fsp3) is 0.294. The van der Waals surface area contributed by atoms with Gasteiger partial charge in [-0.3, -0.25) is 0 Å². The number of fused-ring (bicyclic) bond motifs is 1. The van der Waals surface area contributed by atoms with E-state index in [1.807, 2.05) is 6.07 Å². The lowest BCUT2D eigenvalue weighted by Crippen LogP contribution is -2.31. The predicted octanol–water partition coefficient (Wildman–Crippen LogP) is 5.57. The van der Waals surface area contributed by atoms with E-state index >= 15 is 0 Å². The molecule has 0 spiro atoms. The quantitative estimate of drug-likeness (QED) is 0.640. The van der Waals surface area contributed by atoms with Crippen molar-refractivity contribution >= 4 is 38.9 Å². The van der Waals surface area contributed by atoms with E-state index in [0.717, 1.165) is 23.3 Å². The maximum absolute atomic E-state index is 6.21. The van der Waals surface area contributed by atoms with Crippen molar-refractivity contribution < 1.29 is 0 Å². The van der Waals surface area contributed by atoms with Gasteiger partial charge in [-0.05, 0) is 41.7 Å². The van der Waals surface area contributed by atoms with Crippen molar-refractivity contribution in [2.24, 2.45) is 5.92 Å². The minimum absolute atomic E-state index is 0.645. The van der Waals surface area contributed by atoms with Crippen LogP contribution in [-0.2, 0) is 11.8 Å². The van der Waals surface area contributed by atoms with E-state index in [1.165, 1.54) is 22.5 Å². The standard InChI is InChI=1S/C17H17BrClN/c1-12-8-13-4-2-3-5-16(13)20(11-12)17-9-15(19)7-6-14(17)10-18/h2-7,9,12H,8,10-11H2,1H3. The van der Waals surface area contributed by atoms with Gasteiger partial charge >= 0.3 is 0 Å². The van der Waals surface area contributed by atoms with Crippen LogP contribution >= 0.6 is 27.5 Å². The Morgan fingerprint density at radius 2 is 2.00 bits per heavy atom. The third kappa shape index (κ3) is 2.59. The predicted molar refractivity (Wildman–Crippen MR) is 90.4 cm³/mol. The van der Waals surface area contributed by atoms with E-state index in [1.54, 1.807) is 0 Å². The van der Waals surface area contributed by atoms with Gasteiger partial charge in [0.2, 0.25) is 0 Å². The van der Waals surface area contributed by atoms with Crippen molar-refractivity contribution in [3.8, 4) is 0 Å². The summed E-state index contributed by atoms with van der Waals surface area (Å²) in [5.74, 6) is 0.645. The summed E-state index contributed by atoms with van der Waals surface area (Å²) in [7, 11) is 0. The molecule has 0 aliphatic carbocycles. The molecule has 104 valence electrons. The van der Waals surface area contributed by atoms with Crippen LogP contribution in [0, 0.1) is 5.92 Å². The van der Waals surface area contributed by atoms with Crippen LogP contribution in [0.2, 0.25) is 5.02 Å². The number of anilines is 2. The fourth-order valence-corrected chi connectivity index (χ4v) is 3.57. The molecule has 0 aromatic heterocycles. The van der Waals surface area contributed by atoms with Crippen molar-refractivity contribution in [3.63, 3.8) is 0 Å². The van der Waals surface area contributed by atoms with Gasteiger partial charge < -0.3 is 4.90 Å². The average molecular weight is 351 g/mol. The summed E-state index contributed by atoms with van der Waals surface area (Å²) in [5, 5.41) is 1.63. The second-order valence-corrected chi connectivity index (χ2v) is 6.45. The van der Waals surface area contributed by atoms with E-state index in [9.17, 15) is 0 Å². The van der Waals surface area contributed by atoms with E-state index < -0.39 is 0 Å². The highest BCUT2D eigenvalue weighted by atomic mass is 79.9. The number of alkyl halides is 1. The number of rotatable bonds is 2. The Hall–Kier alpha value is -0.990. The van der Waals surface area contributed by atoms with E-state index in [2.05, 4.69) is 64.2 Å². The lowest BCUT2D eigenvalue weighted by Gasteiger charge is -2.36. The Morgan fingerprint density at radius 1 is 1.20 bits per heavy atom. The number of hydrogen-bond donors (Lipinski definition) is 0. The molecule has 0 saturated heterocycles. The molecule has 0 N–H and O–H groups in total. The maximum Gasteiger partial charge on any atom is 0.0466 e. The Morgan fingerprint density at radius 3 is 2.80 bits per heavy atom. The van der Waals surface area contributed by atoms with Crippen LogP contribution in [0.25, 0.3) is 0 Å². The fourth-order valence-electron chi connectivity index (χ4n) is 2.93. The zero-order valence-corrected chi connectivity index (χ0v) is 13.8.